The van der Waals surface area contributed by atoms with E-state index < -0.39 is 0 Å². The van der Waals surface area contributed by atoms with Gasteiger partial charge in [-0.15, -0.1) is 0 Å². The van der Waals surface area contributed by atoms with Gasteiger partial charge in [0.1, 0.15) is 7.85 Å². The van der Waals surface area contributed by atoms with Gasteiger partial charge < -0.3 is 0 Å². The van der Waals surface area contributed by atoms with Gasteiger partial charge >= 0.3 is 0 Å². The molecule has 0 radical (unpaired) electrons. The molecule has 0 unspecified atom stereocenters. The summed E-state index contributed by atoms with van der Waals surface area (Å²) in [6, 6.07) is 0. The van der Waals surface area contributed by atoms with Gasteiger partial charge in [-0.2, -0.15) is 5.10 Å². The smallest absolute Gasteiger partial charge is 0.143 e. The molecule has 0 amide bonds. The lowest BCUT2D eigenvalue weighted by Gasteiger charge is -1.78. The average Bonchev–Trinajstić information content (AvgIpc) is 1.91. The summed E-state index contributed by atoms with van der Waals surface area (Å²) in [5.41, 5.74) is 2.38. The third kappa shape index (κ3) is 0.658. The van der Waals surface area contributed by atoms with Crippen LogP contribution in [-0.2, 0) is 0 Å². The molecule has 7 heavy (non-hydrogen) atoms. The third-order valence-electron chi connectivity index (χ3n) is 1.08. The molecule has 0 spiro atoms. The normalized spacial score (nSPS) is 9.29. The summed E-state index contributed by atoms with van der Waals surface area (Å²) < 4.78 is 0. The number of rotatable bonds is 0. The van der Waals surface area contributed by atoms with E-state index in [0.717, 1.165) is 5.69 Å². The first-order valence-corrected chi connectivity index (χ1v) is 2.27. The maximum Gasteiger partial charge on any atom is 0.143 e. The first kappa shape index (κ1) is 4.43. The van der Waals surface area contributed by atoms with Crippen LogP contribution in [0.4, 0.5) is 0 Å². The van der Waals surface area contributed by atoms with Crippen molar-refractivity contribution in [3.63, 3.8) is 0 Å². The summed E-state index contributed by atoms with van der Waals surface area (Å²) in [5.74, 6) is 0. The number of hydrogen-bond acceptors (Lipinski definition) is 1. The molecular formula is C4H7BN2. The van der Waals surface area contributed by atoms with Crippen molar-refractivity contribution in [2.45, 2.75) is 6.92 Å². The van der Waals surface area contributed by atoms with Crippen molar-refractivity contribution < 1.29 is 0 Å². The van der Waals surface area contributed by atoms with Crippen LogP contribution in [0.2, 0.25) is 0 Å². The van der Waals surface area contributed by atoms with Crippen LogP contribution in [0, 0.1) is 6.92 Å². The van der Waals surface area contributed by atoms with E-state index in [2.05, 4.69) is 10.2 Å². The zero-order chi connectivity index (χ0) is 5.28. The standard InChI is InChI=1S/C4H7BN2/c1-3-4(5)2-6-7-3/h2H,5H2,1H3,(H,6,7). The molecule has 0 aliphatic heterocycles. The molecule has 2 nitrogen and oxygen atoms in total. The molecule has 1 rings (SSSR count). The van der Waals surface area contributed by atoms with Crippen molar-refractivity contribution >= 4 is 13.3 Å². The SMILES string of the molecule is Bc1cn[nH]c1C. The molecule has 0 saturated heterocycles. The second kappa shape index (κ2) is 1.41. The number of H-pyrrole nitrogens is 1. The van der Waals surface area contributed by atoms with E-state index in [4.69, 9.17) is 0 Å². The summed E-state index contributed by atoms with van der Waals surface area (Å²) in [6.07, 6.45) is 1.81. The second-order valence-electron chi connectivity index (χ2n) is 1.68. The minimum Gasteiger partial charge on any atom is -0.283 e. The zero-order valence-electron chi connectivity index (χ0n) is 4.52. The Hall–Kier alpha value is -0.725. The third-order valence-corrected chi connectivity index (χ3v) is 1.08. The Labute approximate surface area is 43.3 Å². The molecule has 1 N–H and O–H groups in total. The molecule has 1 aromatic rings. The van der Waals surface area contributed by atoms with Crippen LogP contribution < -0.4 is 5.46 Å². The average molecular weight is 93.9 g/mol. The minimum absolute atomic E-state index is 1.15. The fourth-order valence-corrected chi connectivity index (χ4v) is 0.411. The molecule has 0 aromatic carbocycles. The maximum absolute atomic E-state index is 3.80. The molecule has 0 atom stereocenters. The summed E-state index contributed by atoms with van der Waals surface area (Å²) in [4.78, 5) is 0. The van der Waals surface area contributed by atoms with Gasteiger partial charge in [-0.05, 0) is 12.4 Å². The monoisotopic (exact) mass is 94.1 g/mol. The van der Waals surface area contributed by atoms with Crippen LogP contribution in [0.5, 0.6) is 0 Å². The fraction of sp³-hybridized carbons (Fsp3) is 0.250. The number of nitrogens with zero attached hydrogens (tertiary/aromatic N) is 1. The van der Waals surface area contributed by atoms with E-state index in [9.17, 15) is 0 Å². The predicted octanol–water partition coefficient (Wildman–Crippen LogP) is -1.02. The van der Waals surface area contributed by atoms with Crippen LogP contribution in [0.15, 0.2) is 6.20 Å². The van der Waals surface area contributed by atoms with Crippen LogP contribution in [0.25, 0.3) is 0 Å². The summed E-state index contributed by atoms with van der Waals surface area (Å²) >= 11 is 0. The van der Waals surface area contributed by atoms with E-state index in [0.29, 0.717) is 0 Å². The topological polar surface area (TPSA) is 28.7 Å². The molecule has 1 aromatic heterocycles. The maximum atomic E-state index is 3.80. The van der Waals surface area contributed by atoms with Gasteiger partial charge in [-0.25, -0.2) is 0 Å². The van der Waals surface area contributed by atoms with Crippen molar-refractivity contribution in [2.75, 3.05) is 0 Å². The van der Waals surface area contributed by atoms with Gasteiger partial charge in [0.05, 0.1) is 0 Å². The molecule has 0 saturated carbocycles. The Bertz CT molecular complexity index is 142. The van der Waals surface area contributed by atoms with Crippen molar-refractivity contribution in [1.82, 2.24) is 10.2 Å². The van der Waals surface area contributed by atoms with E-state index >= 15 is 0 Å². The lowest BCUT2D eigenvalue weighted by atomic mass is 9.98. The van der Waals surface area contributed by atoms with Crippen molar-refractivity contribution in [2.24, 2.45) is 0 Å². The zero-order valence-corrected chi connectivity index (χ0v) is 4.52. The largest absolute Gasteiger partial charge is 0.283 e. The van der Waals surface area contributed by atoms with Crippen LogP contribution in [0.3, 0.4) is 0 Å². The lowest BCUT2D eigenvalue weighted by molar-refractivity contribution is 1.05. The predicted molar refractivity (Wildman–Crippen MR) is 31.5 cm³/mol. The van der Waals surface area contributed by atoms with Crippen molar-refractivity contribution in [3.8, 4) is 0 Å². The highest BCUT2D eigenvalue weighted by Crippen LogP contribution is 1.77. The van der Waals surface area contributed by atoms with Gasteiger partial charge in [0.25, 0.3) is 0 Å². The molecular weight excluding hydrogens is 86.9 g/mol. The highest BCUT2D eigenvalue weighted by molar-refractivity contribution is 6.32. The summed E-state index contributed by atoms with van der Waals surface area (Å²) in [6.45, 7) is 2.00. The molecule has 0 aliphatic carbocycles. The molecule has 36 valence electrons. The number of nitrogens with one attached hydrogen (secondary N) is 1. The van der Waals surface area contributed by atoms with Gasteiger partial charge in [-0.1, -0.05) is 0 Å². The Morgan fingerprint density at radius 3 is 2.71 bits per heavy atom. The minimum atomic E-state index is 1.15. The highest BCUT2D eigenvalue weighted by atomic mass is 15.1. The molecule has 0 fully saturated rings. The van der Waals surface area contributed by atoms with Crippen LogP contribution in [0.1, 0.15) is 5.69 Å². The van der Waals surface area contributed by atoms with Gasteiger partial charge in [0.15, 0.2) is 0 Å². The molecule has 0 bridgehead atoms. The van der Waals surface area contributed by atoms with Crippen LogP contribution >= 0.6 is 0 Å². The van der Waals surface area contributed by atoms with Gasteiger partial charge in [0, 0.05) is 11.9 Å². The van der Waals surface area contributed by atoms with Gasteiger partial charge in [-0.3, -0.25) is 5.10 Å². The Balaban J connectivity index is 3.12. The Morgan fingerprint density at radius 1 is 1.86 bits per heavy atom. The fourth-order valence-electron chi connectivity index (χ4n) is 0.411. The van der Waals surface area contributed by atoms with E-state index in [1.807, 2.05) is 21.0 Å². The molecule has 0 aliphatic rings. The first-order valence-electron chi connectivity index (χ1n) is 2.27. The number of aromatic amines is 1. The lowest BCUT2D eigenvalue weighted by Crippen LogP contribution is -2.00. The van der Waals surface area contributed by atoms with Crippen molar-refractivity contribution in [3.05, 3.63) is 11.9 Å². The summed E-state index contributed by atoms with van der Waals surface area (Å²) in [5, 5.41) is 6.61. The number of aromatic nitrogens is 2. The van der Waals surface area contributed by atoms with Gasteiger partial charge in [0.2, 0.25) is 0 Å². The number of hydrogen-bond donors (Lipinski definition) is 1. The van der Waals surface area contributed by atoms with Crippen LogP contribution in [-0.4, -0.2) is 18.0 Å². The Kier molecular flexibility index (Phi) is 0.892. The van der Waals surface area contributed by atoms with Crippen molar-refractivity contribution in [1.29, 1.82) is 0 Å². The first-order chi connectivity index (χ1) is 3.30. The second-order valence-corrected chi connectivity index (χ2v) is 1.68. The molecule has 1 heterocycles. The van der Waals surface area contributed by atoms with E-state index in [-0.39, 0.29) is 0 Å². The quantitative estimate of drug-likeness (QED) is 0.409. The summed E-state index contributed by atoms with van der Waals surface area (Å²) in [7, 11) is 2.03. The number of aryl methyl sites for hydroxylation is 1. The highest BCUT2D eigenvalue weighted by Gasteiger charge is 1.87. The Morgan fingerprint density at radius 2 is 2.57 bits per heavy atom. The van der Waals surface area contributed by atoms with E-state index in [1.165, 1.54) is 5.46 Å². The molecule has 3 heteroatoms. The van der Waals surface area contributed by atoms with E-state index in [1.54, 1.807) is 0 Å².